The Morgan fingerprint density at radius 3 is 2.48 bits per heavy atom. The summed E-state index contributed by atoms with van der Waals surface area (Å²) >= 11 is 0. The van der Waals surface area contributed by atoms with Gasteiger partial charge in [0.25, 0.3) is 0 Å². The SMILES string of the molecule is CCN1CCN(c2ccc(-c3cnc4ccc(C=O)nn34)cc2)CC1. The van der Waals surface area contributed by atoms with E-state index in [-0.39, 0.29) is 0 Å². The molecule has 0 saturated carbocycles. The molecule has 1 aromatic carbocycles. The first-order valence-corrected chi connectivity index (χ1v) is 8.66. The summed E-state index contributed by atoms with van der Waals surface area (Å²) in [5.41, 5.74) is 4.31. The number of fused-ring (bicyclic) bond motifs is 1. The molecule has 1 aliphatic rings. The van der Waals surface area contributed by atoms with Crippen molar-refractivity contribution in [3.63, 3.8) is 0 Å². The van der Waals surface area contributed by atoms with Crippen LogP contribution in [0.3, 0.4) is 0 Å². The van der Waals surface area contributed by atoms with Crippen molar-refractivity contribution in [1.29, 1.82) is 0 Å². The van der Waals surface area contributed by atoms with Crippen LogP contribution in [-0.2, 0) is 0 Å². The summed E-state index contributed by atoms with van der Waals surface area (Å²) in [5.74, 6) is 0. The highest BCUT2D eigenvalue weighted by atomic mass is 16.1. The summed E-state index contributed by atoms with van der Waals surface area (Å²) < 4.78 is 1.72. The van der Waals surface area contributed by atoms with Crippen molar-refractivity contribution >= 4 is 17.6 Å². The van der Waals surface area contributed by atoms with Gasteiger partial charge in [-0.25, -0.2) is 9.50 Å². The average molecular weight is 335 g/mol. The molecular weight excluding hydrogens is 314 g/mol. The van der Waals surface area contributed by atoms with Crippen LogP contribution in [-0.4, -0.2) is 58.5 Å². The number of aromatic nitrogens is 3. The van der Waals surface area contributed by atoms with Crippen LogP contribution in [0.1, 0.15) is 17.4 Å². The lowest BCUT2D eigenvalue weighted by Gasteiger charge is -2.35. The van der Waals surface area contributed by atoms with E-state index < -0.39 is 0 Å². The van der Waals surface area contributed by atoms with E-state index in [0.29, 0.717) is 5.69 Å². The maximum atomic E-state index is 11.0. The first-order chi connectivity index (χ1) is 12.3. The molecule has 3 heterocycles. The van der Waals surface area contributed by atoms with Gasteiger partial charge >= 0.3 is 0 Å². The minimum Gasteiger partial charge on any atom is -0.369 e. The molecule has 0 N–H and O–H groups in total. The zero-order valence-electron chi connectivity index (χ0n) is 14.3. The lowest BCUT2D eigenvalue weighted by atomic mass is 10.1. The number of hydrogen-bond acceptors (Lipinski definition) is 5. The molecule has 128 valence electrons. The number of aldehydes is 1. The molecule has 0 atom stereocenters. The standard InChI is InChI=1S/C19H21N5O/c1-2-22-9-11-23(12-10-22)17-6-3-15(4-7-17)18-13-20-19-8-5-16(14-25)21-24(18)19/h3-8,13-14H,2,9-12H2,1H3. The van der Waals surface area contributed by atoms with Gasteiger partial charge in [-0.15, -0.1) is 0 Å². The van der Waals surface area contributed by atoms with Crippen LogP contribution in [0.5, 0.6) is 0 Å². The third kappa shape index (κ3) is 3.00. The van der Waals surface area contributed by atoms with E-state index in [1.807, 2.05) is 6.07 Å². The molecule has 1 aliphatic heterocycles. The summed E-state index contributed by atoms with van der Waals surface area (Å²) in [7, 11) is 0. The van der Waals surface area contributed by atoms with E-state index in [9.17, 15) is 4.79 Å². The highest BCUT2D eigenvalue weighted by Gasteiger charge is 2.16. The van der Waals surface area contributed by atoms with Crippen molar-refractivity contribution in [2.45, 2.75) is 6.92 Å². The van der Waals surface area contributed by atoms with Crippen LogP contribution in [0, 0.1) is 0 Å². The lowest BCUT2D eigenvalue weighted by Crippen LogP contribution is -2.46. The van der Waals surface area contributed by atoms with Gasteiger partial charge in [0, 0.05) is 37.4 Å². The van der Waals surface area contributed by atoms with E-state index in [2.05, 4.69) is 51.1 Å². The molecule has 6 nitrogen and oxygen atoms in total. The fourth-order valence-electron chi connectivity index (χ4n) is 3.31. The number of imidazole rings is 1. The van der Waals surface area contributed by atoms with Crippen LogP contribution < -0.4 is 4.90 Å². The summed E-state index contributed by atoms with van der Waals surface area (Å²) in [4.78, 5) is 20.2. The number of nitrogens with zero attached hydrogens (tertiary/aromatic N) is 5. The van der Waals surface area contributed by atoms with Crippen LogP contribution in [0.15, 0.2) is 42.6 Å². The number of carbonyl (C=O) groups is 1. The fraction of sp³-hybridized carbons (Fsp3) is 0.316. The Balaban J connectivity index is 1.59. The van der Waals surface area contributed by atoms with Gasteiger partial charge in [0.1, 0.15) is 5.69 Å². The number of anilines is 1. The molecule has 25 heavy (non-hydrogen) atoms. The largest absolute Gasteiger partial charge is 0.369 e. The van der Waals surface area contributed by atoms with Crippen molar-refractivity contribution in [3.8, 4) is 11.3 Å². The van der Waals surface area contributed by atoms with Crippen molar-refractivity contribution in [3.05, 3.63) is 48.3 Å². The molecule has 1 fully saturated rings. The first kappa shape index (κ1) is 15.8. The van der Waals surface area contributed by atoms with Gasteiger partial charge < -0.3 is 9.80 Å². The molecule has 0 bridgehead atoms. The summed E-state index contributed by atoms with van der Waals surface area (Å²) in [6.07, 6.45) is 2.55. The van der Waals surface area contributed by atoms with Gasteiger partial charge in [-0.3, -0.25) is 4.79 Å². The predicted octanol–water partition coefficient (Wildman–Crippen LogP) is 2.35. The highest BCUT2D eigenvalue weighted by molar-refractivity contribution is 5.73. The second kappa shape index (κ2) is 6.64. The number of rotatable bonds is 4. The minimum atomic E-state index is 0.400. The average Bonchev–Trinajstić information content (AvgIpc) is 3.11. The molecule has 0 amide bonds. The molecule has 0 spiro atoms. The highest BCUT2D eigenvalue weighted by Crippen LogP contribution is 2.24. The van der Waals surface area contributed by atoms with Crippen molar-refractivity contribution in [2.75, 3.05) is 37.6 Å². The normalized spacial score (nSPS) is 15.6. The molecule has 6 heteroatoms. The van der Waals surface area contributed by atoms with Gasteiger partial charge in [-0.05, 0) is 30.8 Å². The van der Waals surface area contributed by atoms with Crippen molar-refractivity contribution < 1.29 is 4.79 Å². The molecule has 0 aliphatic carbocycles. The maximum absolute atomic E-state index is 11.0. The summed E-state index contributed by atoms with van der Waals surface area (Å²) in [6, 6.07) is 12.0. The Morgan fingerprint density at radius 2 is 1.80 bits per heavy atom. The van der Waals surface area contributed by atoms with Crippen LogP contribution >= 0.6 is 0 Å². The molecule has 0 radical (unpaired) electrons. The third-order valence-corrected chi connectivity index (χ3v) is 4.85. The fourth-order valence-corrected chi connectivity index (χ4v) is 3.31. The van der Waals surface area contributed by atoms with Crippen molar-refractivity contribution in [2.24, 2.45) is 0 Å². The van der Waals surface area contributed by atoms with Crippen LogP contribution in [0.2, 0.25) is 0 Å². The smallest absolute Gasteiger partial charge is 0.170 e. The molecule has 0 unspecified atom stereocenters. The monoisotopic (exact) mass is 335 g/mol. The molecule has 3 aromatic rings. The van der Waals surface area contributed by atoms with Gasteiger partial charge in [0.05, 0.1) is 11.9 Å². The van der Waals surface area contributed by atoms with Crippen LogP contribution in [0.4, 0.5) is 5.69 Å². The zero-order chi connectivity index (χ0) is 17.2. The van der Waals surface area contributed by atoms with E-state index in [1.165, 1.54) is 5.69 Å². The Bertz CT molecular complexity index is 878. The number of benzene rings is 1. The second-order valence-corrected chi connectivity index (χ2v) is 6.26. The Labute approximate surface area is 146 Å². The second-order valence-electron chi connectivity index (χ2n) is 6.26. The molecular formula is C19H21N5O. The minimum absolute atomic E-state index is 0.400. The topological polar surface area (TPSA) is 53.7 Å². The third-order valence-electron chi connectivity index (χ3n) is 4.85. The van der Waals surface area contributed by atoms with E-state index in [4.69, 9.17) is 0 Å². The Kier molecular flexibility index (Phi) is 4.19. The first-order valence-electron chi connectivity index (χ1n) is 8.66. The van der Waals surface area contributed by atoms with E-state index in [0.717, 1.165) is 55.9 Å². The van der Waals surface area contributed by atoms with Crippen molar-refractivity contribution in [1.82, 2.24) is 19.5 Å². The summed E-state index contributed by atoms with van der Waals surface area (Å²) in [5, 5.41) is 4.33. The Morgan fingerprint density at radius 1 is 1.04 bits per heavy atom. The number of likely N-dealkylation sites (N-methyl/N-ethyl adjacent to an activating group) is 1. The molecule has 2 aromatic heterocycles. The van der Waals surface area contributed by atoms with Gasteiger partial charge in [0.15, 0.2) is 11.9 Å². The predicted molar refractivity (Wildman–Crippen MR) is 98.1 cm³/mol. The number of piperazine rings is 1. The lowest BCUT2D eigenvalue weighted by molar-refractivity contribution is 0.111. The van der Waals surface area contributed by atoms with Gasteiger partial charge in [-0.1, -0.05) is 19.1 Å². The summed E-state index contributed by atoms with van der Waals surface area (Å²) in [6.45, 7) is 7.69. The quantitative estimate of drug-likeness (QED) is 0.685. The van der Waals surface area contributed by atoms with E-state index in [1.54, 1.807) is 16.8 Å². The maximum Gasteiger partial charge on any atom is 0.170 e. The molecule has 4 rings (SSSR count). The van der Waals surface area contributed by atoms with E-state index >= 15 is 0 Å². The Hall–Kier alpha value is -2.73. The number of carbonyl (C=O) groups excluding carboxylic acids is 1. The van der Waals surface area contributed by atoms with Gasteiger partial charge in [-0.2, -0.15) is 5.10 Å². The number of hydrogen-bond donors (Lipinski definition) is 0. The van der Waals surface area contributed by atoms with Gasteiger partial charge in [0.2, 0.25) is 0 Å². The molecule has 1 saturated heterocycles. The van der Waals surface area contributed by atoms with Crippen LogP contribution in [0.25, 0.3) is 16.9 Å². The zero-order valence-corrected chi connectivity index (χ0v) is 14.3.